The highest BCUT2D eigenvalue weighted by Gasteiger charge is 2.22. The molecular weight excluding hydrogens is 230 g/mol. The molecule has 1 N–H and O–H groups in total. The average Bonchev–Trinajstić information content (AvgIpc) is 2.87. The molecule has 6 nitrogen and oxygen atoms in total. The summed E-state index contributed by atoms with van der Waals surface area (Å²) in [5.41, 5.74) is 0. The zero-order chi connectivity index (χ0) is 12.4. The predicted molar refractivity (Wildman–Crippen MR) is 69.1 cm³/mol. The zero-order valence-corrected chi connectivity index (χ0v) is 10.7. The standard InChI is InChI=1S/C12H19N5O/c1-13-10-14-11(17-7-2-3-8-17)16-12(15-10)18-9-5-4-6-9/h9H,2-8H2,1H3,(H,13,14,15,16). The van der Waals surface area contributed by atoms with E-state index in [4.69, 9.17) is 4.74 Å². The van der Waals surface area contributed by atoms with Crippen LogP contribution >= 0.6 is 0 Å². The van der Waals surface area contributed by atoms with Crippen LogP contribution < -0.4 is 15.0 Å². The second kappa shape index (κ2) is 4.96. The predicted octanol–water partition coefficient (Wildman–Crippen LogP) is 1.44. The molecule has 0 radical (unpaired) electrons. The van der Waals surface area contributed by atoms with E-state index in [-0.39, 0.29) is 0 Å². The minimum atomic E-state index is 0.295. The molecule has 1 aromatic rings. The number of anilines is 2. The van der Waals surface area contributed by atoms with Gasteiger partial charge in [-0.25, -0.2) is 0 Å². The molecule has 1 aliphatic carbocycles. The molecule has 1 saturated carbocycles. The third-order valence-corrected chi connectivity index (χ3v) is 3.54. The highest BCUT2D eigenvalue weighted by molar-refractivity contribution is 5.38. The van der Waals surface area contributed by atoms with Gasteiger partial charge in [0.2, 0.25) is 11.9 Å². The van der Waals surface area contributed by atoms with Crippen molar-refractivity contribution in [1.29, 1.82) is 0 Å². The Balaban J connectivity index is 1.80. The molecule has 0 bridgehead atoms. The summed E-state index contributed by atoms with van der Waals surface area (Å²) in [5.74, 6) is 1.32. The van der Waals surface area contributed by atoms with E-state index < -0.39 is 0 Å². The van der Waals surface area contributed by atoms with E-state index in [1.165, 1.54) is 19.3 Å². The van der Waals surface area contributed by atoms with Crippen LogP contribution in [0.15, 0.2) is 0 Å². The van der Waals surface area contributed by atoms with Crippen LogP contribution in [0, 0.1) is 0 Å². The highest BCUT2D eigenvalue weighted by Crippen LogP contribution is 2.25. The molecule has 98 valence electrons. The molecule has 0 aromatic carbocycles. The topological polar surface area (TPSA) is 63.2 Å². The normalized spacial score (nSPS) is 19.7. The molecule has 1 saturated heterocycles. The van der Waals surface area contributed by atoms with Gasteiger partial charge in [0.25, 0.3) is 0 Å². The molecule has 2 heterocycles. The van der Waals surface area contributed by atoms with E-state index in [1.807, 2.05) is 7.05 Å². The van der Waals surface area contributed by atoms with Crippen molar-refractivity contribution in [2.75, 3.05) is 30.4 Å². The Kier molecular flexibility index (Phi) is 3.17. The molecular formula is C12H19N5O. The van der Waals surface area contributed by atoms with Crippen molar-refractivity contribution < 1.29 is 4.74 Å². The number of aromatic nitrogens is 3. The Morgan fingerprint density at radius 1 is 1.11 bits per heavy atom. The molecule has 3 rings (SSSR count). The minimum Gasteiger partial charge on any atom is -0.460 e. The van der Waals surface area contributed by atoms with Gasteiger partial charge in [0.1, 0.15) is 6.10 Å². The van der Waals surface area contributed by atoms with Gasteiger partial charge in [0, 0.05) is 20.1 Å². The lowest BCUT2D eigenvalue weighted by atomic mass is 9.96. The number of nitrogens with zero attached hydrogens (tertiary/aromatic N) is 4. The van der Waals surface area contributed by atoms with E-state index in [0.717, 1.165) is 31.9 Å². The van der Waals surface area contributed by atoms with Gasteiger partial charge in [-0.05, 0) is 32.1 Å². The van der Waals surface area contributed by atoms with E-state index >= 15 is 0 Å². The fraction of sp³-hybridized carbons (Fsp3) is 0.750. The van der Waals surface area contributed by atoms with Gasteiger partial charge in [0.15, 0.2) is 0 Å². The largest absolute Gasteiger partial charge is 0.460 e. The number of ether oxygens (including phenoxy) is 1. The first-order valence-electron chi connectivity index (χ1n) is 6.70. The van der Waals surface area contributed by atoms with Crippen molar-refractivity contribution in [3.8, 4) is 6.01 Å². The lowest BCUT2D eigenvalue weighted by molar-refractivity contribution is 0.108. The molecule has 1 aliphatic heterocycles. The van der Waals surface area contributed by atoms with Crippen LogP contribution in [0.25, 0.3) is 0 Å². The summed E-state index contributed by atoms with van der Waals surface area (Å²) < 4.78 is 5.76. The first-order chi connectivity index (χ1) is 8.85. The van der Waals surface area contributed by atoms with Crippen LogP contribution in [0.3, 0.4) is 0 Å². The van der Waals surface area contributed by atoms with Crippen molar-refractivity contribution in [1.82, 2.24) is 15.0 Å². The molecule has 1 aromatic heterocycles. The first kappa shape index (κ1) is 11.5. The molecule has 0 spiro atoms. The van der Waals surface area contributed by atoms with Crippen molar-refractivity contribution >= 4 is 11.9 Å². The summed E-state index contributed by atoms with van der Waals surface area (Å²) in [7, 11) is 1.82. The second-order valence-corrected chi connectivity index (χ2v) is 4.86. The monoisotopic (exact) mass is 249 g/mol. The van der Waals surface area contributed by atoms with Gasteiger partial charge in [-0.1, -0.05) is 0 Å². The molecule has 6 heteroatoms. The van der Waals surface area contributed by atoms with Crippen LogP contribution in [0.4, 0.5) is 11.9 Å². The zero-order valence-electron chi connectivity index (χ0n) is 10.7. The maximum Gasteiger partial charge on any atom is 0.323 e. The van der Waals surface area contributed by atoms with Gasteiger partial charge in [-0.2, -0.15) is 15.0 Å². The van der Waals surface area contributed by atoms with E-state index in [9.17, 15) is 0 Å². The maximum atomic E-state index is 5.76. The Bertz CT molecular complexity index is 415. The molecule has 0 atom stereocenters. The number of hydrogen-bond acceptors (Lipinski definition) is 6. The maximum absolute atomic E-state index is 5.76. The van der Waals surface area contributed by atoms with Crippen LogP contribution in [0.5, 0.6) is 6.01 Å². The van der Waals surface area contributed by atoms with Crippen LogP contribution in [-0.4, -0.2) is 41.2 Å². The Morgan fingerprint density at radius 3 is 2.50 bits per heavy atom. The summed E-state index contributed by atoms with van der Waals surface area (Å²) in [6.45, 7) is 2.05. The molecule has 0 amide bonds. The lowest BCUT2D eigenvalue weighted by Gasteiger charge is -2.25. The molecule has 2 fully saturated rings. The van der Waals surface area contributed by atoms with Gasteiger partial charge in [-0.3, -0.25) is 0 Å². The van der Waals surface area contributed by atoms with Gasteiger partial charge < -0.3 is 15.0 Å². The Labute approximate surface area is 107 Å². The van der Waals surface area contributed by atoms with E-state index in [1.54, 1.807) is 0 Å². The fourth-order valence-electron chi connectivity index (χ4n) is 2.21. The van der Waals surface area contributed by atoms with Crippen molar-refractivity contribution in [2.24, 2.45) is 0 Å². The smallest absolute Gasteiger partial charge is 0.323 e. The summed E-state index contributed by atoms with van der Waals surface area (Å²) in [5, 5.41) is 2.97. The summed E-state index contributed by atoms with van der Waals surface area (Å²) in [6, 6.07) is 0.459. The van der Waals surface area contributed by atoms with Crippen molar-refractivity contribution in [2.45, 2.75) is 38.2 Å². The first-order valence-corrected chi connectivity index (χ1v) is 6.70. The molecule has 18 heavy (non-hydrogen) atoms. The van der Waals surface area contributed by atoms with Gasteiger partial charge in [0.05, 0.1) is 0 Å². The summed E-state index contributed by atoms with van der Waals surface area (Å²) in [4.78, 5) is 15.3. The Morgan fingerprint density at radius 2 is 1.89 bits per heavy atom. The number of rotatable bonds is 4. The van der Waals surface area contributed by atoms with Gasteiger partial charge >= 0.3 is 6.01 Å². The third-order valence-electron chi connectivity index (χ3n) is 3.54. The third kappa shape index (κ3) is 2.32. The van der Waals surface area contributed by atoms with Gasteiger partial charge in [-0.15, -0.1) is 0 Å². The Hall–Kier alpha value is -1.59. The minimum absolute atomic E-state index is 0.295. The molecule has 0 unspecified atom stereocenters. The lowest BCUT2D eigenvalue weighted by Crippen LogP contribution is -2.27. The second-order valence-electron chi connectivity index (χ2n) is 4.86. The molecule has 2 aliphatic rings. The summed E-state index contributed by atoms with van der Waals surface area (Å²) >= 11 is 0. The number of hydrogen-bond donors (Lipinski definition) is 1. The van der Waals surface area contributed by atoms with Crippen molar-refractivity contribution in [3.05, 3.63) is 0 Å². The average molecular weight is 249 g/mol. The van der Waals surface area contributed by atoms with E-state index in [0.29, 0.717) is 18.1 Å². The highest BCUT2D eigenvalue weighted by atomic mass is 16.5. The SMILES string of the molecule is CNc1nc(OC2CCC2)nc(N2CCCC2)n1. The number of nitrogens with one attached hydrogen (secondary N) is 1. The van der Waals surface area contributed by atoms with Crippen LogP contribution in [0.2, 0.25) is 0 Å². The quantitative estimate of drug-likeness (QED) is 0.871. The fourth-order valence-corrected chi connectivity index (χ4v) is 2.21. The van der Waals surface area contributed by atoms with E-state index in [2.05, 4.69) is 25.2 Å². The summed E-state index contributed by atoms with van der Waals surface area (Å²) in [6.07, 6.45) is 6.18. The van der Waals surface area contributed by atoms with Crippen LogP contribution in [0.1, 0.15) is 32.1 Å². The van der Waals surface area contributed by atoms with Crippen LogP contribution in [-0.2, 0) is 0 Å². The van der Waals surface area contributed by atoms with Crippen molar-refractivity contribution in [3.63, 3.8) is 0 Å².